The van der Waals surface area contributed by atoms with Crippen LogP contribution in [0, 0.1) is 13.8 Å². The summed E-state index contributed by atoms with van der Waals surface area (Å²) >= 11 is 3.00. The van der Waals surface area contributed by atoms with Crippen molar-refractivity contribution in [2.24, 2.45) is 0 Å². The molecule has 0 aliphatic heterocycles. The third-order valence-electron chi connectivity index (χ3n) is 4.33. The summed E-state index contributed by atoms with van der Waals surface area (Å²) in [5.74, 6) is -0.485. The fourth-order valence-corrected chi connectivity index (χ4v) is 5.19. The first-order valence-corrected chi connectivity index (χ1v) is 10.2. The second-order valence-electron chi connectivity index (χ2n) is 6.67. The Bertz CT molecular complexity index is 797. The summed E-state index contributed by atoms with van der Waals surface area (Å²) in [5.41, 5.74) is 2.74. The van der Waals surface area contributed by atoms with Gasteiger partial charge in [-0.15, -0.1) is 22.7 Å². The summed E-state index contributed by atoms with van der Waals surface area (Å²) in [6, 6.07) is 1.90. The molecule has 1 aliphatic rings. The second kappa shape index (κ2) is 7.30. The van der Waals surface area contributed by atoms with E-state index in [-0.39, 0.29) is 18.0 Å². The number of aryl methyl sites for hydroxylation is 3. The number of amides is 1. The molecule has 0 saturated heterocycles. The van der Waals surface area contributed by atoms with E-state index in [0.717, 1.165) is 41.7 Å². The lowest BCUT2D eigenvalue weighted by Crippen LogP contribution is -2.17. The van der Waals surface area contributed by atoms with Gasteiger partial charge in [0.15, 0.2) is 0 Å². The molecule has 1 N–H and O–H groups in total. The van der Waals surface area contributed by atoms with Crippen LogP contribution in [0.2, 0.25) is 0 Å². The molecule has 4 nitrogen and oxygen atoms in total. The zero-order chi connectivity index (χ0) is 18.1. The number of carbonyl (C=O) groups is 2. The third kappa shape index (κ3) is 3.80. The molecular weight excluding hydrogens is 354 g/mol. The van der Waals surface area contributed by atoms with Gasteiger partial charge in [0, 0.05) is 9.75 Å². The van der Waals surface area contributed by atoms with Crippen LogP contribution in [0.5, 0.6) is 0 Å². The van der Waals surface area contributed by atoms with Crippen molar-refractivity contribution in [1.82, 2.24) is 0 Å². The number of hydrogen-bond donors (Lipinski definition) is 1. The van der Waals surface area contributed by atoms with Crippen molar-refractivity contribution in [1.29, 1.82) is 0 Å². The number of fused-ring (bicyclic) bond motifs is 1. The number of anilines is 1. The minimum Gasteiger partial charge on any atom is -0.459 e. The Kier molecular flexibility index (Phi) is 5.29. The zero-order valence-electron chi connectivity index (χ0n) is 15.0. The topological polar surface area (TPSA) is 55.4 Å². The van der Waals surface area contributed by atoms with Gasteiger partial charge in [0.05, 0.1) is 16.5 Å². The van der Waals surface area contributed by atoms with Gasteiger partial charge < -0.3 is 10.1 Å². The molecule has 0 unspecified atom stereocenters. The Balaban J connectivity index is 1.93. The number of nitrogens with one attached hydrogen (secondary N) is 1. The minimum atomic E-state index is -0.330. The van der Waals surface area contributed by atoms with Crippen molar-refractivity contribution in [3.05, 3.63) is 37.4 Å². The number of thiophene rings is 2. The van der Waals surface area contributed by atoms with Crippen LogP contribution in [-0.2, 0) is 17.6 Å². The highest BCUT2D eigenvalue weighted by Gasteiger charge is 2.28. The summed E-state index contributed by atoms with van der Waals surface area (Å²) in [6.45, 7) is 7.68. The summed E-state index contributed by atoms with van der Waals surface area (Å²) in [6.07, 6.45) is 3.86. The molecule has 25 heavy (non-hydrogen) atoms. The molecule has 2 aromatic heterocycles. The molecule has 0 fully saturated rings. The van der Waals surface area contributed by atoms with E-state index in [2.05, 4.69) is 5.32 Å². The van der Waals surface area contributed by atoms with Crippen LogP contribution in [0.15, 0.2) is 6.07 Å². The highest BCUT2D eigenvalue weighted by atomic mass is 32.1. The smallest absolute Gasteiger partial charge is 0.341 e. The molecule has 134 valence electrons. The lowest BCUT2D eigenvalue weighted by Gasteiger charge is -2.14. The molecule has 2 heterocycles. The highest BCUT2D eigenvalue weighted by molar-refractivity contribution is 7.17. The summed E-state index contributed by atoms with van der Waals surface area (Å²) in [4.78, 5) is 28.3. The predicted octanol–water partition coefficient (Wildman–Crippen LogP) is 5.12. The van der Waals surface area contributed by atoms with E-state index >= 15 is 0 Å². The number of hydrogen-bond acceptors (Lipinski definition) is 5. The molecule has 0 atom stereocenters. The van der Waals surface area contributed by atoms with Crippen LogP contribution in [0.3, 0.4) is 0 Å². The fraction of sp³-hybridized carbons (Fsp3) is 0.474. The van der Waals surface area contributed by atoms with Crippen LogP contribution in [-0.4, -0.2) is 18.0 Å². The Morgan fingerprint density at radius 1 is 1.16 bits per heavy atom. The van der Waals surface area contributed by atoms with E-state index < -0.39 is 0 Å². The van der Waals surface area contributed by atoms with Crippen molar-refractivity contribution in [2.45, 2.75) is 59.5 Å². The van der Waals surface area contributed by atoms with Crippen LogP contribution in [0.4, 0.5) is 5.00 Å². The van der Waals surface area contributed by atoms with Crippen molar-refractivity contribution in [3.8, 4) is 0 Å². The highest BCUT2D eigenvalue weighted by Crippen LogP contribution is 2.39. The quantitative estimate of drug-likeness (QED) is 0.752. The molecule has 0 aromatic carbocycles. The molecule has 2 aromatic rings. The molecule has 6 heteroatoms. The maximum atomic E-state index is 12.6. The molecule has 0 saturated carbocycles. The van der Waals surface area contributed by atoms with Gasteiger partial charge in [-0.05, 0) is 70.6 Å². The van der Waals surface area contributed by atoms with Gasteiger partial charge >= 0.3 is 5.97 Å². The molecule has 0 spiro atoms. The van der Waals surface area contributed by atoms with Crippen LogP contribution in [0.25, 0.3) is 0 Å². The molecular formula is C19H23NO3S2. The van der Waals surface area contributed by atoms with Gasteiger partial charge in [-0.2, -0.15) is 0 Å². The van der Waals surface area contributed by atoms with Crippen molar-refractivity contribution < 1.29 is 14.3 Å². The standard InChI is InChI=1S/C19H23NO3S2/c1-10(2)23-19(22)16-13-7-5-6-8-14(13)25-18(16)20-17(21)15-9-11(3)12(4)24-15/h9-10H,5-8H2,1-4H3,(H,20,21). The first-order chi connectivity index (χ1) is 11.9. The molecule has 3 rings (SSSR count). The zero-order valence-corrected chi connectivity index (χ0v) is 16.7. The number of esters is 1. The van der Waals surface area contributed by atoms with E-state index in [1.165, 1.54) is 27.6 Å². The van der Waals surface area contributed by atoms with E-state index in [1.807, 2.05) is 33.8 Å². The largest absolute Gasteiger partial charge is 0.459 e. The minimum absolute atomic E-state index is 0.154. The average Bonchev–Trinajstić information content (AvgIpc) is 3.06. The monoisotopic (exact) mass is 377 g/mol. The van der Waals surface area contributed by atoms with Crippen LogP contribution >= 0.6 is 22.7 Å². The van der Waals surface area contributed by atoms with Crippen molar-refractivity contribution >= 4 is 39.6 Å². The van der Waals surface area contributed by atoms with Gasteiger partial charge in [-0.1, -0.05) is 0 Å². The van der Waals surface area contributed by atoms with Crippen molar-refractivity contribution in [3.63, 3.8) is 0 Å². The number of rotatable bonds is 4. The van der Waals surface area contributed by atoms with Gasteiger partial charge in [-0.25, -0.2) is 4.79 Å². The first kappa shape index (κ1) is 18.1. The maximum absolute atomic E-state index is 12.6. The van der Waals surface area contributed by atoms with Crippen LogP contribution in [0.1, 0.15) is 67.6 Å². The molecule has 1 aliphatic carbocycles. The number of carbonyl (C=O) groups excluding carboxylic acids is 2. The van der Waals surface area contributed by atoms with E-state index in [9.17, 15) is 9.59 Å². The Hall–Kier alpha value is -1.66. The summed E-state index contributed by atoms with van der Waals surface area (Å²) < 4.78 is 5.43. The summed E-state index contributed by atoms with van der Waals surface area (Å²) in [5, 5.41) is 3.60. The van der Waals surface area contributed by atoms with E-state index in [0.29, 0.717) is 15.4 Å². The van der Waals surface area contributed by atoms with Gasteiger partial charge in [0.2, 0.25) is 0 Å². The normalized spacial score (nSPS) is 13.6. The average molecular weight is 378 g/mol. The van der Waals surface area contributed by atoms with Crippen molar-refractivity contribution in [2.75, 3.05) is 5.32 Å². The molecule has 1 amide bonds. The Morgan fingerprint density at radius 3 is 2.52 bits per heavy atom. The lowest BCUT2D eigenvalue weighted by molar-refractivity contribution is 0.0378. The second-order valence-corrected chi connectivity index (χ2v) is 9.03. The number of ether oxygens (including phenoxy) is 1. The van der Waals surface area contributed by atoms with E-state index in [1.54, 1.807) is 0 Å². The molecule has 0 bridgehead atoms. The SMILES string of the molecule is Cc1cc(C(=O)Nc2sc3c(c2C(=O)OC(C)C)CCCC3)sc1C. The van der Waals surface area contributed by atoms with Gasteiger partial charge in [-0.3, -0.25) is 4.79 Å². The third-order valence-corrected chi connectivity index (χ3v) is 6.69. The van der Waals surface area contributed by atoms with Gasteiger partial charge in [0.25, 0.3) is 5.91 Å². The van der Waals surface area contributed by atoms with Gasteiger partial charge in [0.1, 0.15) is 5.00 Å². The van der Waals surface area contributed by atoms with Crippen LogP contribution < -0.4 is 5.32 Å². The summed E-state index contributed by atoms with van der Waals surface area (Å²) in [7, 11) is 0. The fourth-order valence-electron chi connectivity index (χ4n) is 2.99. The Labute approximate surface area is 156 Å². The predicted molar refractivity (Wildman–Crippen MR) is 103 cm³/mol. The first-order valence-electron chi connectivity index (χ1n) is 8.60. The Morgan fingerprint density at radius 2 is 1.88 bits per heavy atom. The van der Waals surface area contributed by atoms with E-state index in [4.69, 9.17) is 4.74 Å². The lowest BCUT2D eigenvalue weighted by atomic mass is 9.95. The molecule has 0 radical (unpaired) electrons. The maximum Gasteiger partial charge on any atom is 0.341 e.